The van der Waals surface area contributed by atoms with Crippen molar-refractivity contribution in [2.75, 3.05) is 32.5 Å². The molecule has 0 aliphatic heterocycles. The largest absolute Gasteiger partial charge is 0.325 e. The fourth-order valence-electron chi connectivity index (χ4n) is 1.65. The van der Waals surface area contributed by atoms with Gasteiger partial charge in [-0.05, 0) is 39.2 Å². The molecule has 1 aromatic carbocycles. The fraction of sp³-hybridized carbons (Fsp3) is 0.462. The highest BCUT2D eigenvalue weighted by molar-refractivity contribution is 5.92. The van der Waals surface area contributed by atoms with E-state index >= 15 is 0 Å². The predicted molar refractivity (Wildman–Crippen MR) is 71.0 cm³/mol. The molecule has 0 heterocycles. The number of carbonyl (C=O) groups excluding carboxylic acids is 1. The van der Waals surface area contributed by atoms with Crippen LogP contribution in [0.2, 0.25) is 0 Å². The van der Waals surface area contributed by atoms with Crippen LogP contribution < -0.4 is 10.6 Å². The number of anilines is 1. The summed E-state index contributed by atoms with van der Waals surface area (Å²) in [5.74, 6) is -0.534. The standard InChI is InChI=1S/C13H20FN3O/c1-10(9-17(2)3)15-8-13(18)16-12-6-4-5-11(14)7-12/h4-7,10,15H,8-9H2,1-3H3,(H,16,18). The van der Waals surface area contributed by atoms with Crippen molar-refractivity contribution in [3.63, 3.8) is 0 Å². The van der Waals surface area contributed by atoms with Gasteiger partial charge in [0.05, 0.1) is 6.54 Å². The molecule has 0 aliphatic rings. The van der Waals surface area contributed by atoms with Crippen LogP contribution in [0.25, 0.3) is 0 Å². The molecular formula is C13H20FN3O. The highest BCUT2D eigenvalue weighted by Crippen LogP contribution is 2.08. The average Bonchev–Trinajstić information content (AvgIpc) is 2.25. The average molecular weight is 253 g/mol. The molecule has 0 spiro atoms. The Hall–Kier alpha value is -1.46. The van der Waals surface area contributed by atoms with Crippen molar-refractivity contribution in [3.05, 3.63) is 30.1 Å². The molecule has 1 atom stereocenters. The van der Waals surface area contributed by atoms with Gasteiger partial charge >= 0.3 is 0 Å². The van der Waals surface area contributed by atoms with E-state index in [1.165, 1.54) is 12.1 Å². The maximum absolute atomic E-state index is 12.9. The highest BCUT2D eigenvalue weighted by atomic mass is 19.1. The topological polar surface area (TPSA) is 44.4 Å². The maximum atomic E-state index is 12.9. The van der Waals surface area contributed by atoms with E-state index in [1.54, 1.807) is 12.1 Å². The van der Waals surface area contributed by atoms with E-state index < -0.39 is 0 Å². The lowest BCUT2D eigenvalue weighted by molar-refractivity contribution is -0.115. The molecule has 100 valence electrons. The molecule has 1 aromatic rings. The van der Waals surface area contributed by atoms with Gasteiger partial charge in [0.1, 0.15) is 5.82 Å². The summed E-state index contributed by atoms with van der Waals surface area (Å²) in [5, 5.41) is 5.74. The highest BCUT2D eigenvalue weighted by Gasteiger charge is 2.07. The first-order chi connectivity index (χ1) is 8.47. The van der Waals surface area contributed by atoms with Crippen molar-refractivity contribution in [3.8, 4) is 0 Å². The molecule has 2 N–H and O–H groups in total. The van der Waals surface area contributed by atoms with E-state index in [2.05, 4.69) is 10.6 Å². The zero-order chi connectivity index (χ0) is 13.5. The molecule has 4 nitrogen and oxygen atoms in total. The summed E-state index contributed by atoms with van der Waals surface area (Å²) in [6.07, 6.45) is 0. The summed E-state index contributed by atoms with van der Waals surface area (Å²) in [4.78, 5) is 13.6. The summed E-state index contributed by atoms with van der Waals surface area (Å²) < 4.78 is 12.9. The fourth-order valence-corrected chi connectivity index (χ4v) is 1.65. The SMILES string of the molecule is CC(CN(C)C)NCC(=O)Nc1cccc(F)c1. The lowest BCUT2D eigenvalue weighted by Crippen LogP contribution is -2.40. The van der Waals surface area contributed by atoms with Crippen LogP contribution in [-0.2, 0) is 4.79 Å². The monoisotopic (exact) mass is 253 g/mol. The Balaban J connectivity index is 2.34. The summed E-state index contributed by atoms with van der Waals surface area (Å²) in [5.41, 5.74) is 0.474. The quantitative estimate of drug-likeness (QED) is 0.803. The van der Waals surface area contributed by atoms with Gasteiger partial charge in [-0.3, -0.25) is 4.79 Å². The van der Waals surface area contributed by atoms with E-state index in [1.807, 2.05) is 25.9 Å². The zero-order valence-electron chi connectivity index (χ0n) is 11.0. The summed E-state index contributed by atoms with van der Waals surface area (Å²) in [6.45, 7) is 3.08. The number of amides is 1. The van der Waals surface area contributed by atoms with Crippen LogP contribution in [0.4, 0.5) is 10.1 Å². The Bertz CT molecular complexity index is 396. The first kappa shape index (κ1) is 14.6. The molecule has 0 aliphatic carbocycles. The van der Waals surface area contributed by atoms with Gasteiger partial charge in [0.25, 0.3) is 0 Å². The van der Waals surface area contributed by atoms with Gasteiger partial charge in [-0.2, -0.15) is 0 Å². The molecule has 0 bridgehead atoms. The van der Waals surface area contributed by atoms with Crippen LogP contribution in [0.15, 0.2) is 24.3 Å². The predicted octanol–water partition coefficient (Wildman–Crippen LogP) is 1.30. The molecule has 5 heteroatoms. The number of nitrogens with zero attached hydrogens (tertiary/aromatic N) is 1. The Labute approximate surface area is 107 Å². The molecule has 0 aromatic heterocycles. The Morgan fingerprint density at radius 3 is 2.78 bits per heavy atom. The Morgan fingerprint density at radius 2 is 2.17 bits per heavy atom. The minimum absolute atomic E-state index is 0.175. The van der Waals surface area contributed by atoms with Gasteiger partial charge in [-0.15, -0.1) is 0 Å². The van der Waals surface area contributed by atoms with Crippen molar-refractivity contribution < 1.29 is 9.18 Å². The third-order valence-electron chi connectivity index (χ3n) is 2.36. The van der Waals surface area contributed by atoms with Gasteiger partial charge in [0, 0.05) is 18.3 Å². The van der Waals surface area contributed by atoms with Crippen molar-refractivity contribution >= 4 is 11.6 Å². The third kappa shape index (κ3) is 5.75. The number of rotatable bonds is 6. The second-order valence-electron chi connectivity index (χ2n) is 4.60. The van der Waals surface area contributed by atoms with Gasteiger partial charge in [0.2, 0.25) is 5.91 Å². The Morgan fingerprint density at radius 1 is 1.44 bits per heavy atom. The van der Waals surface area contributed by atoms with Crippen LogP contribution in [0, 0.1) is 5.82 Å². The number of benzene rings is 1. The van der Waals surface area contributed by atoms with Gasteiger partial charge in [0.15, 0.2) is 0 Å². The normalized spacial score (nSPS) is 12.5. The zero-order valence-corrected chi connectivity index (χ0v) is 11.0. The second-order valence-corrected chi connectivity index (χ2v) is 4.60. The summed E-state index contributed by atoms with van der Waals surface area (Å²) in [7, 11) is 3.95. The number of halogens is 1. The van der Waals surface area contributed by atoms with Crippen molar-refractivity contribution in [2.24, 2.45) is 0 Å². The van der Waals surface area contributed by atoms with Gasteiger partial charge in [-0.1, -0.05) is 6.07 Å². The van der Waals surface area contributed by atoms with E-state index in [0.29, 0.717) is 5.69 Å². The molecule has 0 saturated heterocycles. The molecule has 0 fully saturated rings. The van der Waals surface area contributed by atoms with E-state index in [0.717, 1.165) is 6.54 Å². The van der Waals surface area contributed by atoms with E-state index in [4.69, 9.17) is 0 Å². The number of nitrogens with one attached hydrogen (secondary N) is 2. The number of hydrogen-bond acceptors (Lipinski definition) is 3. The van der Waals surface area contributed by atoms with Gasteiger partial charge < -0.3 is 15.5 Å². The van der Waals surface area contributed by atoms with Crippen LogP contribution in [0.1, 0.15) is 6.92 Å². The van der Waals surface area contributed by atoms with Crippen molar-refractivity contribution in [1.82, 2.24) is 10.2 Å². The first-order valence-corrected chi connectivity index (χ1v) is 5.91. The minimum Gasteiger partial charge on any atom is -0.325 e. The lowest BCUT2D eigenvalue weighted by Gasteiger charge is -2.18. The Kier molecular flexibility index (Phi) is 5.74. The smallest absolute Gasteiger partial charge is 0.238 e. The second kappa shape index (κ2) is 7.08. The maximum Gasteiger partial charge on any atom is 0.238 e. The number of carbonyl (C=O) groups is 1. The molecule has 1 unspecified atom stereocenters. The minimum atomic E-state index is -0.360. The molecule has 0 saturated carbocycles. The molecule has 0 radical (unpaired) electrons. The van der Waals surface area contributed by atoms with Crippen LogP contribution in [0.5, 0.6) is 0 Å². The lowest BCUT2D eigenvalue weighted by atomic mass is 10.3. The van der Waals surface area contributed by atoms with Crippen LogP contribution in [0.3, 0.4) is 0 Å². The number of likely N-dealkylation sites (N-methyl/N-ethyl adjacent to an activating group) is 1. The molecule has 1 amide bonds. The van der Waals surface area contributed by atoms with E-state index in [9.17, 15) is 9.18 Å². The molecule has 18 heavy (non-hydrogen) atoms. The van der Waals surface area contributed by atoms with Gasteiger partial charge in [-0.25, -0.2) is 4.39 Å². The first-order valence-electron chi connectivity index (χ1n) is 5.91. The summed E-state index contributed by atoms with van der Waals surface area (Å²) in [6, 6.07) is 6.07. The molecular weight excluding hydrogens is 233 g/mol. The number of hydrogen-bond donors (Lipinski definition) is 2. The van der Waals surface area contributed by atoms with Crippen molar-refractivity contribution in [1.29, 1.82) is 0 Å². The summed E-state index contributed by atoms with van der Waals surface area (Å²) >= 11 is 0. The molecule has 1 rings (SSSR count). The van der Waals surface area contributed by atoms with Crippen LogP contribution in [-0.4, -0.2) is 44.0 Å². The van der Waals surface area contributed by atoms with Crippen molar-refractivity contribution in [2.45, 2.75) is 13.0 Å². The van der Waals surface area contributed by atoms with E-state index in [-0.39, 0.29) is 24.3 Å². The van der Waals surface area contributed by atoms with Crippen LogP contribution >= 0.6 is 0 Å². The third-order valence-corrected chi connectivity index (χ3v) is 2.36.